The molecule has 4 heteroatoms. The van der Waals surface area contributed by atoms with Crippen molar-refractivity contribution in [2.45, 2.75) is 13.3 Å². The number of hydrogen-bond acceptors (Lipinski definition) is 3. The molecule has 0 unspecified atom stereocenters. The highest BCUT2D eigenvalue weighted by atomic mass is 31.1. The van der Waals surface area contributed by atoms with Crippen molar-refractivity contribution in [2.24, 2.45) is 0 Å². The minimum Gasteiger partial charge on any atom is -0.379 e. The van der Waals surface area contributed by atoms with E-state index >= 15 is 0 Å². The third-order valence-corrected chi connectivity index (χ3v) is 1.01. The lowest BCUT2D eigenvalue weighted by Gasteiger charge is -1.97. The Kier molecular flexibility index (Phi) is 8.04. The van der Waals surface area contributed by atoms with E-state index in [0.717, 1.165) is 13.0 Å². The summed E-state index contributed by atoms with van der Waals surface area (Å²) in [5.74, 6) is 0. The van der Waals surface area contributed by atoms with Crippen molar-refractivity contribution in [1.82, 2.24) is 0 Å². The fourth-order valence-corrected chi connectivity index (χ4v) is 0.529. The van der Waals surface area contributed by atoms with Gasteiger partial charge >= 0.3 is 8.69 Å². The van der Waals surface area contributed by atoms with E-state index in [1.807, 2.05) is 6.92 Å². The average molecular weight is 150 g/mol. The zero-order chi connectivity index (χ0) is 6.95. The average Bonchev–Trinajstić information content (AvgIpc) is 1.89. The largest absolute Gasteiger partial charge is 0.379 e. The van der Waals surface area contributed by atoms with Crippen molar-refractivity contribution in [2.75, 3.05) is 19.8 Å². The van der Waals surface area contributed by atoms with Crippen LogP contribution < -0.4 is 0 Å². The van der Waals surface area contributed by atoms with Crippen LogP contribution in [0.25, 0.3) is 0 Å². The molecular formula is C5H11O3P. The standard InChI is InChI=1S/C5H11O3P/c1-2-3-7-4-5-8-9-6/h2-5H2,1H3. The van der Waals surface area contributed by atoms with Crippen LogP contribution in [0.3, 0.4) is 0 Å². The molecule has 0 saturated carbocycles. The topological polar surface area (TPSA) is 35.5 Å². The molecule has 0 radical (unpaired) electrons. The predicted octanol–water partition coefficient (Wildman–Crippen LogP) is 1.64. The second-order valence-corrected chi connectivity index (χ2v) is 1.93. The van der Waals surface area contributed by atoms with Crippen molar-refractivity contribution < 1.29 is 13.8 Å². The Labute approximate surface area is 56.6 Å². The number of ether oxygens (including phenoxy) is 1. The Bertz CT molecular complexity index is 67.2. The summed E-state index contributed by atoms with van der Waals surface area (Å²) in [6.45, 7) is 3.72. The predicted molar refractivity (Wildman–Crippen MR) is 34.7 cm³/mol. The van der Waals surface area contributed by atoms with E-state index in [9.17, 15) is 4.57 Å². The molecular weight excluding hydrogens is 139 g/mol. The first-order valence-electron chi connectivity index (χ1n) is 2.94. The summed E-state index contributed by atoms with van der Waals surface area (Å²) in [6.07, 6.45) is 1.01. The van der Waals surface area contributed by atoms with Gasteiger partial charge < -0.3 is 4.74 Å². The van der Waals surface area contributed by atoms with Gasteiger partial charge in [-0.25, -0.2) is 4.57 Å². The Morgan fingerprint density at radius 2 is 2.11 bits per heavy atom. The van der Waals surface area contributed by atoms with Gasteiger partial charge in [-0.15, -0.1) is 0 Å². The van der Waals surface area contributed by atoms with E-state index in [1.54, 1.807) is 0 Å². The third kappa shape index (κ3) is 8.02. The molecule has 54 valence electrons. The van der Waals surface area contributed by atoms with Gasteiger partial charge in [-0.1, -0.05) is 6.92 Å². The smallest absolute Gasteiger partial charge is 0.327 e. The lowest BCUT2D eigenvalue weighted by Crippen LogP contribution is -1.99. The molecule has 0 fully saturated rings. The molecule has 0 spiro atoms. The van der Waals surface area contributed by atoms with E-state index in [2.05, 4.69) is 4.52 Å². The summed E-state index contributed by atoms with van der Waals surface area (Å²) in [5, 5.41) is 0. The minimum atomic E-state index is -0.265. The zero-order valence-electron chi connectivity index (χ0n) is 5.50. The summed E-state index contributed by atoms with van der Waals surface area (Å²) in [6, 6.07) is 0. The van der Waals surface area contributed by atoms with E-state index in [4.69, 9.17) is 4.74 Å². The Balaban J connectivity index is 2.66. The second-order valence-electron chi connectivity index (χ2n) is 1.52. The molecule has 0 aromatic carbocycles. The molecule has 0 atom stereocenters. The van der Waals surface area contributed by atoms with Gasteiger partial charge in [0.2, 0.25) is 0 Å². The SMILES string of the molecule is CCCOCCOP=O. The van der Waals surface area contributed by atoms with E-state index in [1.165, 1.54) is 0 Å². The van der Waals surface area contributed by atoms with Gasteiger partial charge in [0, 0.05) is 6.61 Å². The van der Waals surface area contributed by atoms with Crippen molar-refractivity contribution in [3.05, 3.63) is 0 Å². The monoisotopic (exact) mass is 150 g/mol. The molecule has 0 amide bonds. The van der Waals surface area contributed by atoms with Crippen LogP contribution in [-0.2, 0) is 13.8 Å². The first-order chi connectivity index (χ1) is 4.41. The minimum absolute atomic E-state index is 0.265. The summed E-state index contributed by atoms with van der Waals surface area (Å²) >= 11 is 0. The molecule has 0 bridgehead atoms. The van der Waals surface area contributed by atoms with Gasteiger partial charge in [-0.05, 0) is 6.42 Å². The summed E-state index contributed by atoms with van der Waals surface area (Å²) < 4.78 is 19.1. The molecule has 0 N–H and O–H groups in total. The summed E-state index contributed by atoms with van der Waals surface area (Å²) in [5.41, 5.74) is 0. The highest BCUT2D eigenvalue weighted by Gasteiger charge is 1.85. The van der Waals surface area contributed by atoms with Crippen LogP contribution in [0.5, 0.6) is 0 Å². The van der Waals surface area contributed by atoms with Gasteiger partial charge in [0.1, 0.15) is 0 Å². The Morgan fingerprint density at radius 1 is 1.33 bits per heavy atom. The van der Waals surface area contributed by atoms with Crippen molar-refractivity contribution >= 4 is 8.69 Å². The van der Waals surface area contributed by atoms with E-state index < -0.39 is 0 Å². The van der Waals surface area contributed by atoms with Crippen LogP contribution in [0.15, 0.2) is 0 Å². The maximum Gasteiger partial charge on any atom is 0.327 e. The molecule has 0 rings (SSSR count). The first kappa shape index (κ1) is 9.02. The molecule has 0 aliphatic heterocycles. The molecule has 0 aliphatic carbocycles. The van der Waals surface area contributed by atoms with Crippen molar-refractivity contribution in [3.63, 3.8) is 0 Å². The second kappa shape index (κ2) is 8.02. The lowest BCUT2D eigenvalue weighted by atomic mass is 10.5. The highest BCUT2D eigenvalue weighted by Crippen LogP contribution is 1.92. The molecule has 9 heavy (non-hydrogen) atoms. The van der Waals surface area contributed by atoms with Gasteiger partial charge in [0.25, 0.3) is 0 Å². The highest BCUT2D eigenvalue weighted by molar-refractivity contribution is 7.17. The quantitative estimate of drug-likeness (QED) is 0.426. The van der Waals surface area contributed by atoms with Crippen LogP contribution >= 0.6 is 8.69 Å². The van der Waals surface area contributed by atoms with Crippen LogP contribution in [0.1, 0.15) is 13.3 Å². The van der Waals surface area contributed by atoms with Crippen molar-refractivity contribution in [1.29, 1.82) is 0 Å². The third-order valence-electron chi connectivity index (χ3n) is 0.720. The van der Waals surface area contributed by atoms with E-state index in [0.29, 0.717) is 13.2 Å². The molecule has 0 saturated heterocycles. The van der Waals surface area contributed by atoms with Gasteiger partial charge in [0.05, 0.1) is 13.2 Å². The maximum atomic E-state index is 9.66. The van der Waals surface area contributed by atoms with Gasteiger partial charge in [0.15, 0.2) is 0 Å². The molecule has 0 aromatic rings. The number of rotatable bonds is 6. The number of hydrogen-bond donors (Lipinski definition) is 0. The fraction of sp³-hybridized carbons (Fsp3) is 1.00. The molecule has 0 aliphatic rings. The van der Waals surface area contributed by atoms with Crippen LogP contribution in [-0.4, -0.2) is 19.8 Å². The maximum absolute atomic E-state index is 9.66. The first-order valence-corrected chi connectivity index (χ1v) is 3.67. The molecule has 3 nitrogen and oxygen atoms in total. The van der Waals surface area contributed by atoms with Gasteiger partial charge in [-0.2, -0.15) is 0 Å². The van der Waals surface area contributed by atoms with E-state index in [-0.39, 0.29) is 8.69 Å². The fourth-order valence-electron chi connectivity index (χ4n) is 0.380. The van der Waals surface area contributed by atoms with Crippen LogP contribution in [0.4, 0.5) is 0 Å². The Hall–Kier alpha value is 0.0200. The van der Waals surface area contributed by atoms with Crippen molar-refractivity contribution in [3.8, 4) is 0 Å². The molecule has 0 heterocycles. The Morgan fingerprint density at radius 3 is 2.67 bits per heavy atom. The lowest BCUT2D eigenvalue weighted by molar-refractivity contribution is 0.105. The van der Waals surface area contributed by atoms with Crippen LogP contribution in [0.2, 0.25) is 0 Å². The molecule has 0 aromatic heterocycles. The normalized spacial score (nSPS) is 10.3. The van der Waals surface area contributed by atoms with Gasteiger partial charge in [-0.3, -0.25) is 4.52 Å². The summed E-state index contributed by atoms with van der Waals surface area (Å²) in [7, 11) is -0.265. The van der Waals surface area contributed by atoms with Crippen LogP contribution in [0, 0.1) is 0 Å². The summed E-state index contributed by atoms with van der Waals surface area (Å²) in [4.78, 5) is 0. The zero-order valence-corrected chi connectivity index (χ0v) is 6.39.